The lowest BCUT2D eigenvalue weighted by atomic mass is 9.86. The number of amides is 1. The third-order valence-corrected chi connectivity index (χ3v) is 6.11. The first kappa shape index (κ1) is 28.5. The largest absolute Gasteiger partial charge is 0.390 e. The minimum absolute atomic E-state index is 0.0858. The molecule has 0 aliphatic heterocycles. The lowest BCUT2D eigenvalue weighted by Gasteiger charge is -2.25. The van der Waals surface area contributed by atoms with Crippen LogP contribution in [-0.2, 0) is 24.2 Å². The van der Waals surface area contributed by atoms with E-state index in [4.69, 9.17) is 4.52 Å². The van der Waals surface area contributed by atoms with E-state index < -0.39 is 23.8 Å². The number of carbonyl (C=O) groups is 1. The van der Waals surface area contributed by atoms with Crippen molar-refractivity contribution in [2.75, 3.05) is 6.54 Å². The Balaban J connectivity index is 1.78. The minimum Gasteiger partial charge on any atom is -0.390 e. The number of aryl methyl sites for hydroxylation is 2. The summed E-state index contributed by atoms with van der Waals surface area (Å²) < 4.78 is 32.7. The van der Waals surface area contributed by atoms with E-state index in [1.54, 1.807) is 0 Å². The van der Waals surface area contributed by atoms with E-state index in [0.29, 0.717) is 12.1 Å². The molecule has 2 aromatic carbocycles. The highest BCUT2D eigenvalue weighted by Gasteiger charge is 2.22. The number of nitrogens with zero attached hydrogens (tertiary/aromatic N) is 1. The lowest BCUT2D eigenvalue weighted by Crippen LogP contribution is -2.48. The molecule has 3 aromatic rings. The highest BCUT2D eigenvalue weighted by molar-refractivity contribution is 5.73. The third-order valence-electron chi connectivity index (χ3n) is 6.11. The maximum atomic E-state index is 13.7. The molecular weight excluding hydrogens is 476 g/mol. The van der Waals surface area contributed by atoms with Crippen molar-refractivity contribution in [3.63, 3.8) is 0 Å². The Morgan fingerprint density at radius 3 is 2.32 bits per heavy atom. The van der Waals surface area contributed by atoms with Crippen LogP contribution in [0.5, 0.6) is 0 Å². The van der Waals surface area contributed by atoms with Gasteiger partial charge in [0, 0.05) is 31.6 Å². The average Bonchev–Trinajstić information content (AvgIpc) is 3.09. The van der Waals surface area contributed by atoms with Crippen LogP contribution in [0.1, 0.15) is 55.8 Å². The zero-order valence-corrected chi connectivity index (χ0v) is 22.4. The van der Waals surface area contributed by atoms with E-state index in [-0.39, 0.29) is 24.3 Å². The van der Waals surface area contributed by atoms with Crippen molar-refractivity contribution in [3.8, 4) is 11.1 Å². The lowest BCUT2D eigenvalue weighted by molar-refractivity contribution is -0.120. The van der Waals surface area contributed by atoms with Crippen LogP contribution in [0.25, 0.3) is 11.1 Å². The van der Waals surface area contributed by atoms with Gasteiger partial charge in [0.15, 0.2) is 0 Å². The van der Waals surface area contributed by atoms with Crippen LogP contribution in [0.15, 0.2) is 40.9 Å². The molecule has 0 radical (unpaired) electrons. The molecule has 0 aliphatic carbocycles. The maximum absolute atomic E-state index is 13.7. The summed E-state index contributed by atoms with van der Waals surface area (Å²) in [6, 6.07) is 8.84. The first-order valence-corrected chi connectivity index (χ1v) is 12.5. The van der Waals surface area contributed by atoms with Gasteiger partial charge in [-0.15, -0.1) is 0 Å². The molecule has 1 amide bonds. The number of aliphatic hydroxyl groups excluding tert-OH is 1. The summed E-state index contributed by atoms with van der Waals surface area (Å²) in [6.45, 7) is 12.3. The van der Waals surface area contributed by atoms with E-state index >= 15 is 0 Å². The predicted molar refractivity (Wildman–Crippen MR) is 140 cm³/mol. The number of nitrogens with one attached hydrogen (secondary N) is 2. The highest BCUT2D eigenvalue weighted by atomic mass is 19.1. The van der Waals surface area contributed by atoms with Crippen LogP contribution in [-0.4, -0.2) is 34.9 Å². The van der Waals surface area contributed by atoms with Gasteiger partial charge in [-0.2, -0.15) is 0 Å². The zero-order chi connectivity index (χ0) is 27.3. The van der Waals surface area contributed by atoms with Crippen molar-refractivity contribution in [2.24, 2.45) is 5.41 Å². The van der Waals surface area contributed by atoms with Gasteiger partial charge in [-0.25, -0.2) is 8.78 Å². The molecule has 1 aromatic heterocycles. The number of carbonyl (C=O) groups excluding carboxylic acids is 1. The van der Waals surface area contributed by atoms with Gasteiger partial charge in [0.1, 0.15) is 17.4 Å². The monoisotopic (exact) mass is 513 g/mol. The minimum atomic E-state index is -0.990. The quantitative estimate of drug-likeness (QED) is 0.354. The second kappa shape index (κ2) is 12.0. The van der Waals surface area contributed by atoms with Crippen LogP contribution < -0.4 is 10.6 Å². The number of hydrogen-bond donors (Lipinski definition) is 3. The fourth-order valence-electron chi connectivity index (χ4n) is 4.65. The number of aromatic nitrogens is 1. The molecule has 0 aliphatic rings. The summed E-state index contributed by atoms with van der Waals surface area (Å²) in [5.74, 6) is -1.01. The van der Waals surface area contributed by atoms with Crippen molar-refractivity contribution in [2.45, 2.75) is 73.1 Å². The molecule has 0 fully saturated rings. The molecule has 1 heterocycles. The molecule has 8 heteroatoms. The van der Waals surface area contributed by atoms with E-state index in [9.17, 15) is 18.7 Å². The second-order valence-corrected chi connectivity index (χ2v) is 10.9. The molecule has 0 spiro atoms. The Hall–Kier alpha value is -3.10. The molecule has 3 rings (SSSR count). The first-order chi connectivity index (χ1) is 17.3. The summed E-state index contributed by atoms with van der Waals surface area (Å²) >= 11 is 0. The van der Waals surface area contributed by atoms with Crippen molar-refractivity contribution in [3.05, 3.63) is 76.2 Å². The van der Waals surface area contributed by atoms with Gasteiger partial charge in [0.2, 0.25) is 5.91 Å². The number of benzene rings is 2. The molecular formula is C29H37F2N3O3. The van der Waals surface area contributed by atoms with Crippen LogP contribution in [0, 0.1) is 30.9 Å². The number of aliphatic hydroxyl groups is 1. The van der Waals surface area contributed by atoms with Crippen LogP contribution >= 0.6 is 0 Å². The summed E-state index contributed by atoms with van der Waals surface area (Å²) in [5, 5.41) is 21.0. The van der Waals surface area contributed by atoms with E-state index in [1.165, 1.54) is 24.6 Å². The summed E-state index contributed by atoms with van der Waals surface area (Å²) in [5.41, 5.74) is 5.46. The number of rotatable bonds is 10. The van der Waals surface area contributed by atoms with Crippen molar-refractivity contribution < 1.29 is 23.2 Å². The van der Waals surface area contributed by atoms with Gasteiger partial charge in [-0.3, -0.25) is 4.79 Å². The highest BCUT2D eigenvalue weighted by Crippen LogP contribution is 2.32. The van der Waals surface area contributed by atoms with Crippen molar-refractivity contribution >= 4 is 5.91 Å². The molecule has 3 N–H and O–H groups in total. The predicted octanol–water partition coefficient (Wildman–Crippen LogP) is 5.02. The van der Waals surface area contributed by atoms with Crippen molar-refractivity contribution in [1.82, 2.24) is 15.8 Å². The Bertz CT molecular complexity index is 1190. The normalized spacial score (nSPS) is 13.4. The Morgan fingerprint density at radius 2 is 1.76 bits per heavy atom. The van der Waals surface area contributed by atoms with Gasteiger partial charge in [-0.05, 0) is 66.5 Å². The molecule has 0 bridgehead atoms. The second-order valence-electron chi connectivity index (χ2n) is 10.9. The Kier molecular flexibility index (Phi) is 9.21. The third kappa shape index (κ3) is 8.20. The summed E-state index contributed by atoms with van der Waals surface area (Å²) in [7, 11) is 0. The average molecular weight is 514 g/mol. The summed E-state index contributed by atoms with van der Waals surface area (Å²) in [4.78, 5) is 11.8. The molecule has 2 unspecified atom stereocenters. The molecule has 2 atom stereocenters. The van der Waals surface area contributed by atoms with Crippen LogP contribution in [0.2, 0.25) is 0 Å². The molecule has 0 saturated heterocycles. The topological polar surface area (TPSA) is 87.4 Å². The Labute approximate surface area is 217 Å². The molecule has 37 heavy (non-hydrogen) atoms. The fraction of sp³-hybridized carbons (Fsp3) is 0.448. The number of halogens is 2. The Morgan fingerprint density at radius 1 is 1.08 bits per heavy atom. The van der Waals surface area contributed by atoms with Gasteiger partial charge in [0.05, 0.1) is 17.8 Å². The SMILES string of the molecule is CC(=O)NC(Cc1cc(F)cc(F)c1)C(O)CNCc1cc(CC(C)(C)C)ccc1-c1c(C)noc1C. The molecule has 6 nitrogen and oxygen atoms in total. The van der Waals surface area contributed by atoms with Gasteiger partial charge >= 0.3 is 0 Å². The fourth-order valence-corrected chi connectivity index (χ4v) is 4.65. The van der Waals surface area contributed by atoms with E-state index in [2.05, 4.69) is 54.8 Å². The van der Waals surface area contributed by atoms with Crippen LogP contribution in [0.3, 0.4) is 0 Å². The first-order valence-electron chi connectivity index (χ1n) is 12.5. The van der Waals surface area contributed by atoms with Gasteiger partial charge < -0.3 is 20.3 Å². The van der Waals surface area contributed by atoms with Gasteiger partial charge in [-0.1, -0.05) is 44.1 Å². The van der Waals surface area contributed by atoms with Crippen LogP contribution in [0.4, 0.5) is 8.78 Å². The zero-order valence-electron chi connectivity index (χ0n) is 22.4. The molecule has 200 valence electrons. The maximum Gasteiger partial charge on any atom is 0.217 e. The smallest absolute Gasteiger partial charge is 0.217 e. The summed E-state index contributed by atoms with van der Waals surface area (Å²) in [6.07, 6.45) is -0.00237. The van der Waals surface area contributed by atoms with Crippen molar-refractivity contribution in [1.29, 1.82) is 0 Å². The number of hydrogen-bond acceptors (Lipinski definition) is 5. The van der Waals surface area contributed by atoms with E-state index in [0.717, 1.165) is 40.6 Å². The molecule has 0 saturated carbocycles. The van der Waals surface area contributed by atoms with E-state index in [1.807, 2.05) is 13.8 Å². The van der Waals surface area contributed by atoms with Gasteiger partial charge in [0.25, 0.3) is 0 Å². The standard InChI is InChI=1S/C29H37F2N3O3/c1-17-28(18(2)37-34-17)25-8-7-20(14-29(4,5)6)9-22(25)15-32-16-27(36)26(33-19(3)35)12-21-10-23(30)13-24(31)11-21/h7-11,13,26-27,32,36H,12,14-16H2,1-6H3,(H,33,35).